The number of ether oxygens (including phenoxy) is 1. The lowest BCUT2D eigenvalue weighted by Crippen LogP contribution is -1.99. The van der Waals surface area contributed by atoms with Crippen molar-refractivity contribution in [3.05, 3.63) is 29.3 Å². The monoisotopic (exact) mass is 217 g/mol. The van der Waals surface area contributed by atoms with Crippen LogP contribution in [0.1, 0.15) is 43.7 Å². The van der Waals surface area contributed by atoms with E-state index in [1.807, 2.05) is 25.1 Å². The molecule has 0 unspecified atom stereocenters. The number of unbranched alkanes of at least 4 members (excludes halogenated alkanes) is 3. The van der Waals surface area contributed by atoms with E-state index in [-0.39, 0.29) is 0 Å². The quantitative estimate of drug-likeness (QED) is 0.678. The van der Waals surface area contributed by atoms with Gasteiger partial charge in [0.05, 0.1) is 12.2 Å². The predicted molar refractivity (Wildman–Crippen MR) is 65.5 cm³/mol. The first-order valence-electron chi connectivity index (χ1n) is 5.91. The van der Waals surface area contributed by atoms with Gasteiger partial charge in [-0.2, -0.15) is 5.26 Å². The van der Waals surface area contributed by atoms with Gasteiger partial charge in [-0.1, -0.05) is 32.3 Å². The minimum atomic E-state index is 0.635. The molecule has 0 heterocycles. The van der Waals surface area contributed by atoms with E-state index in [0.29, 0.717) is 17.9 Å². The first kappa shape index (κ1) is 12.6. The summed E-state index contributed by atoms with van der Waals surface area (Å²) in [6.45, 7) is 4.87. The van der Waals surface area contributed by atoms with Gasteiger partial charge in [0.15, 0.2) is 0 Å². The van der Waals surface area contributed by atoms with E-state index in [9.17, 15) is 0 Å². The molecule has 0 N–H and O–H groups in total. The zero-order chi connectivity index (χ0) is 11.8. The molecule has 0 aromatic heterocycles. The number of nitrogens with zero attached hydrogens (tertiary/aromatic N) is 1. The summed E-state index contributed by atoms with van der Waals surface area (Å²) < 4.78 is 5.61. The van der Waals surface area contributed by atoms with Gasteiger partial charge in [0, 0.05) is 0 Å². The summed E-state index contributed by atoms with van der Waals surface area (Å²) in [7, 11) is 0. The maximum Gasteiger partial charge on any atom is 0.137 e. The highest BCUT2D eigenvalue weighted by atomic mass is 16.5. The minimum absolute atomic E-state index is 0.635. The van der Waals surface area contributed by atoms with Gasteiger partial charge >= 0.3 is 0 Å². The maximum atomic E-state index is 8.95. The Balaban J connectivity index is 2.45. The van der Waals surface area contributed by atoms with Gasteiger partial charge in [0.25, 0.3) is 0 Å². The van der Waals surface area contributed by atoms with Gasteiger partial charge in [0.1, 0.15) is 11.8 Å². The molecule has 1 rings (SSSR count). The van der Waals surface area contributed by atoms with E-state index in [1.165, 1.54) is 19.3 Å². The van der Waals surface area contributed by atoms with Crippen LogP contribution in [0.4, 0.5) is 0 Å². The Bertz CT molecular complexity index is 365. The summed E-state index contributed by atoms with van der Waals surface area (Å²) in [5.41, 5.74) is 1.73. The second-order valence-electron chi connectivity index (χ2n) is 4.02. The highest BCUT2D eigenvalue weighted by Gasteiger charge is 2.02. The number of benzene rings is 1. The topological polar surface area (TPSA) is 33.0 Å². The van der Waals surface area contributed by atoms with Gasteiger partial charge in [-0.3, -0.25) is 0 Å². The molecule has 1 aromatic rings. The smallest absolute Gasteiger partial charge is 0.137 e. The zero-order valence-corrected chi connectivity index (χ0v) is 10.1. The molecule has 0 saturated heterocycles. The number of nitriles is 1. The number of aryl methyl sites for hydroxylation is 1. The third-order valence-corrected chi connectivity index (χ3v) is 2.51. The van der Waals surface area contributed by atoms with Crippen molar-refractivity contribution >= 4 is 0 Å². The maximum absolute atomic E-state index is 8.95. The van der Waals surface area contributed by atoms with E-state index in [0.717, 1.165) is 12.0 Å². The van der Waals surface area contributed by atoms with Gasteiger partial charge in [0.2, 0.25) is 0 Å². The van der Waals surface area contributed by atoms with E-state index in [4.69, 9.17) is 10.00 Å². The largest absolute Gasteiger partial charge is 0.492 e. The molecule has 1 aromatic carbocycles. The van der Waals surface area contributed by atoms with E-state index in [1.54, 1.807) is 0 Å². The highest BCUT2D eigenvalue weighted by molar-refractivity contribution is 5.45. The lowest BCUT2D eigenvalue weighted by molar-refractivity contribution is 0.304. The molecule has 0 radical (unpaired) electrons. The lowest BCUT2D eigenvalue weighted by atomic mass is 10.1. The van der Waals surface area contributed by atoms with Crippen LogP contribution in [0.25, 0.3) is 0 Å². The molecule has 86 valence electrons. The minimum Gasteiger partial charge on any atom is -0.492 e. The second kappa shape index (κ2) is 6.90. The van der Waals surface area contributed by atoms with Crippen molar-refractivity contribution in [2.24, 2.45) is 0 Å². The SMILES string of the molecule is CCCCCCOc1ccc(C)cc1C#N. The summed E-state index contributed by atoms with van der Waals surface area (Å²) in [5, 5.41) is 8.95. The van der Waals surface area contributed by atoms with E-state index >= 15 is 0 Å². The Kier molecular flexibility index (Phi) is 5.42. The Morgan fingerprint density at radius 2 is 2.06 bits per heavy atom. The second-order valence-corrected chi connectivity index (χ2v) is 4.02. The van der Waals surface area contributed by atoms with Crippen LogP contribution in [0.3, 0.4) is 0 Å². The standard InChI is InChI=1S/C14H19NO/c1-3-4-5-6-9-16-14-8-7-12(2)10-13(14)11-15/h7-8,10H,3-6,9H2,1-2H3. The summed E-state index contributed by atoms with van der Waals surface area (Å²) in [5.74, 6) is 0.713. The lowest BCUT2D eigenvalue weighted by Gasteiger charge is -2.07. The average molecular weight is 217 g/mol. The molecule has 0 spiro atoms. The van der Waals surface area contributed by atoms with Crippen molar-refractivity contribution in [2.75, 3.05) is 6.61 Å². The average Bonchev–Trinajstić information content (AvgIpc) is 2.30. The van der Waals surface area contributed by atoms with Crippen LogP contribution in [0.15, 0.2) is 18.2 Å². The fourth-order valence-corrected chi connectivity index (χ4v) is 1.57. The Morgan fingerprint density at radius 3 is 2.75 bits per heavy atom. The van der Waals surface area contributed by atoms with Crippen molar-refractivity contribution in [1.82, 2.24) is 0 Å². The Hall–Kier alpha value is -1.49. The number of rotatable bonds is 6. The van der Waals surface area contributed by atoms with E-state index < -0.39 is 0 Å². The highest BCUT2D eigenvalue weighted by Crippen LogP contribution is 2.19. The molecule has 2 heteroatoms. The Labute approximate surface area is 97.9 Å². The van der Waals surface area contributed by atoms with Crippen molar-refractivity contribution < 1.29 is 4.74 Å². The van der Waals surface area contributed by atoms with Crippen molar-refractivity contribution in [3.8, 4) is 11.8 Å². The van der Waals surface area contributed by atoms with Crippen LogP contribution in [-0.4, -0.2) is 6.61 Å². The van der Waals surface area contributed by atoms with Crippen LogP contribution in [0.2, 0.25) is 0 Å². The molecule has 16 heavy (non-hydrogen) atoms. The summed E-state index contributed by atoms with van der Waals surface area (Å²) >= 11 is 0. The van der Waals surface area contributed by atoms with Gasteiger partial charge in [-0.05, 0) is 31.0 Å². The summed E-state index contributed by atoms with van der Waals surface area (Å²) in [6, 6.07) is 7.88. The van der Waals surface area contributed by atoms with Gasteiger partial charge in [-0.15, -0.1) is 0 Å². The third kappa shape index (κ3) is 3.94. The first-order chi connectivity index (χ1) is 7.77. The van der Waals surface area contributed by atoms with E-state index in [2.05, 4.69) is 13.0 Å². The zero-order valence-electron chi connectivity index (χ0n) is 10.1. The number of hydrogen-bond donors (Lipinski definition) is 0. The van der Waals surface area contributed by atoms with Gasteiger partial charge < -0.3 is 4.74 Å². The molecule has 0 amide bonds. The summed E-state index contributed by atoms with van der Waals surface area (Å²) in [4.78, 5) is 0. The molecule has 0 fully saturated rings. The van der Waals surface area contributed by atoms with Crippen LogP contribution < -0.4 is 4.74 Å². The molecule has 2 nitrogen and oxygen atoms in total. The van der Waals surface area contributed by atoms with Crippen LogP contribution >= 0.6 is 0 Å². The van der Waals surface area contributed by atoms with Crippen molar-refractivity contribution in [1.29, 1.82) is 5.26 Å². The normalized spacial score (nSPS) is 9.81. The number of hydrogen-bond acceptors (Lipinski definition) is 2. The van der Waals surface area contributed by atoms with Crippen molar-refractivity contribution in [3.63, 3.8) is 0 Å². The Morgan fingerprint density at radius 1 is 1.25 bits per heavy atom. The molecular formula is C14H19NO. The molecule has 0 saturated carbocycles. The molecule has 0 aliphatic heterocycles. The molecule has 0 atom stereocenters. The first-order valence-corrected chi connectivity index (χ1v) is 5.91. The van der Waals surface area contributed by atoms with Crippen molar-refractivity contribution in [2.45, 2.75) is 39.5 Å². The fraction of sp³-hybridized carbons (Fsp3) is 0.500. The van der Waals surface area contributed by atoms with Crippen LogP contribution in [0.5, 0.6) is 5.75 Å². The van der Waals surface area contributed by atoms with Gasteiger partial charge in [-0.25, -0.2) is 0 Å². The molecule has 0 aliphatic carbocycles. The third-order valence-electron chi connectivity index (χ3n) is 2.51. The van der Waals surface area contributed by atoms with Crippen LogP contribution in [0, 0.1) is 18.3 Å². The summed E-state index contributed by atoms with van der Waals surface area (Å²) in [6.07, 6.45) is 4.74. The molecule has 0 bridgehead atoms. The fourth-order valence-electron chi connectivity index (χ4n) is 1.57. The molecular weight excluding hydrogens is 198 g/mol. The predicted octanol–water partition coefficient (Wildman–Crippen LogP) is 3.83. The van der Waals surface area contributed by atoms with Crippen LogP contribution in [-0.2, 0) is 0 Å². The molecule has 0 aliphatic rings.